The van der Waals surface area contributed by atoms with Crippen molar-refractivity contribution in [3.05, 3.63) is 11.2 Å². The second kappa shape index (κ2) is 6.17. The second-order valence-corrected chi connectivity index (χ2v) is 4.80. The molecular formula is C11H18ClN5O. The molecule has 2 rings (SSSR count). The highest BCUT2D eigenvalue weighted by molar-refractivity contribution is 6.32. The lowest BCUT2D eigenvalue weighted by Gasteiger charge is -2.30. The Kier molecular flexibility index (Phi) is 4.57. The summed E-state index contributed by atoms with van der Waals surface area (Å²) in [6.45, 7) is 0.942. The summed E-state index contributed by atoms with van der Waals surface area (Å²) in [6, 6.07) is 0.0607. The lowest BCUT2D eigenvalue weighted by Crippen LogP contribution is -2.38. The van der Waals surface area contributed by atoms with Crippen LogP contribution in [0.15, 0.2) is 6.20 Å². The number of anilines is 2. The van der Waals surface area contributed by atoms with Crippen LogP contribution in [0.25, 0.3) is 0 Å². The average Bonchev–Trinajstić information content (AvgIpc) is 2.64. The number of nitrogens with one attached hydrogen (secondary N) is 1. The Bertz CT molecular complexity index is 403. The van der Waals surface area contributed by atoms with Crippen molar-refractivity contribution in [2.75, 3.05) is 23.5 Å². The maximum Gasteiger partial charge on any atom is 0.239 e. The summed E-state index contributed by atoms with van der Waals surface area (Å²) in [6.07, 6.45) is 5.83. The van der Waals surface area contributed by atoms with Gasteiger partial charge < -0.3 is 10.0 Å². The molecule has 18 heavy (non-hydrogen) atoms. The zero-order chi connectivity index (χ0) is 13.0. The third kappa shape index (κ3) is 2.82. The van der Waals surface area contributed by atoms with Crippen molar-refractivity contribution in [2.24, 2.45) is 5.84 Å². The number of hydrogen-bond acceptors (Lipinski definition) is 6. The molecule has 0 aromatic carbocycles. The molecule has 2 heterocycles. The molecule has 1 aliphatic rings. The van der Waals surface area contributed by atoms with Crippen molar-refractivity contribution < 1.29 is 5.11 Å². The minimum Gasteiger partial charge on any atom is -0.394 e. The van der Waals surface area contributed by atoms with Crippen molar-refractivity contribution in [1.82, 2.24) is 9.97 Å². The van der Waals surface area contributed by atoms with E-state index in [1.165, 1.54) is 6.20 Å². The third-order valence-corrected chi connectivity index (χ3v) is 3.48. The second-order valence-electron chi connectivity index (χ2n) is 4.39. The molecule has 6 nitrogen and oxygen atoms in total. The Labute approximate surface area is 111 Å². The fourth-order valence-electron chi connectivity index (χ4n) is 2.28. The van der Waals surface area contributed by atoms with Gasteiger partial charge in [0.1, 0.15) is 5.02 Å². The smallest absolute Gasteiger partial charge is 0.239 e. The number of aliphatic hydroxyl groups excluding tert-OH is 1. The van der Waals surface area contributed by atoms with E-state index in [1.54, 1.807) is 0 Å². The first-order valence-electron chi connectivity index (χ1n) is 6.13. The highest BCUT2D eigenvalue weighted by atomic mass is 35.5. The zero-order valence-electron chi connectivity index (χ0n) is 10.1. The fourth-order valence-corrected chi connectivity index (χ4v) is 2.47. The normalized spacial score (nSPS) is 20.6. The van der Waals surface area contributed by atoms with Gasteiger partial charge in [0.15, 0.2) is 5.82 Å². The van der Waals surface area contributed by atoms with E-state index >= 15 is 0 Å². The van der Waals surface area contributed by atoms with Gasteiger partial charge >= 0.3 is 0 Å². The Hall–Kier alpha value is -1.11. The molecule has 1 aromatic rings. The number of hydrogen-bond donors (Lipinski definition) is 3. The number of nitrogens with two attached hydrogens (primary N) is 1. The number of nitrogen functional groups attached to an aromatic ring is 1. The number of nitrogens with zero attached hydrogens (tertiary/aromatic N) is 3. The number of rotatable bonds is 3. The van der Waals surface area contributed by atoms with Crippen LogP contribution in [-0.2, 0) is 0 Å². The predicted octanol–water partition coefficient (Wildman–Crippen LogP) is 1.16. The SMILES string of the molecule is NNc1ncc(Cl)c(N2CCCCCC2CO)n1. The van der Waals surface area contributed by atoms with Crippen LogP contribution >= 0.6 is 11.6 Å². The Morgan fingerprint density at radius 1 is 1.50 bits per heavy atom. The van der Waals surface area contributed by atoms with Gasteiger partial charge in [-0.15, -0.1) is 0 Å². The largest absolute Gasteiger partial charge is 0.394 e. The summed E-state index contributed by atoms with van der Waals surface area (Å²) in [4.78, 5) is 10.3. The zero-order valence-corrected chi connectivity index (χ0v) is 10.9. The molecule has 100 valence electrons. The maximum atomic E-state index is 9.50. The monoisotopic (exact) mass is 271 g/mol. The maximum absolute atomic E-state index is 9.50. The minimum absolute atomic E-state index is 0.0607. The standard InChI is InChI=1S/C11H18ClN5O/c12-9-6-14-11(16-13)15-10(9)17-5-3-1-2-4-8(17)7-18/h6,8,18H,1-5,7,13H2,(H,14,15,16). The van der Waals surface area contributed by atoms with Gasteiger partial charge in [-0.1, -0.05) is 24.4 Å². The number of aromatic nitrogens is 2. The first-order valence-corrected chi connectivity index (χ1v) is 6.50. The van der Waals surface area contributed by atoms with Gasteiger partial charge in [-0.2, -0.15) is 4.98 Å². The van der Waals surface area contributed by atoms with Gasteiger partial charge in [0.25, 0.3) is 0 Å². The highest BCUT2D eigenvalue weighted by Gasteiger charge is 2.24. The molecule has 0 saturated carbocycles. The van der Waals surface area contributed by atoms with Crippen molar-refractivity contribution in [3.8, 4) is 0 Å². The lowest BCUT2D eigenvalue weighted by atomic mass is 10.1. The summed E-state index contributed by atoms with van der Waals surface area (Å²) < 4.78 is 0. The topological polar surface area (TPSA) is 87.3 Å². The molecule has 4 N–H and O–H groups in total. The van der Waals surface area contributed by atoms with E-state index in [1.807, 2.05) is 0 Å². The van der Waals surface area contributed by atoms with Gasteiger partial charge in [0, 0.05) is 6.54 Å². The molecule has 0 aliphatic carbocycles. The van der Waals surface area contributed by atoms with Crippen molar-refractivity contribution in [3.63, 3.8) is 0 Å². The van der Waals surface area contributed by atoms with E-state index in [4.69, 9.17) is 17.4 Å². The van der Waals surface area contributed by atoms with Crippen LogP contribution in [0.3, 0.4) is 0 Å². The van der Waals surface area contributed by atoms with Crippen LogP contribution in [0.4, 0.5) is 11.8 Å². The van der Waals surface area contributed by atoms with Crippen LogP contribution in [-0.4, -0.2) is 34.3 Å². The molecule has 1 aliphatic heterocycles. The molecule has 0 spiro atoms. The first kappa shape index (κ1) is 13.3. The molecule has 1 aromatic heterocycles. The molecule has 1 atom stereocenters. The number of halogens is 1. The van der Waals surface area contributed by atoms with Gasteiger partial charge in [-0.05, 0) is 12.8 Å². The van der Waals surface area contributed by atoms with E-state index in [0.29, 0.717) is 16.8 Å². The molecule has 1 unspecified atom stereocenters. The van der Waals surface area contributed by atoms with Gasteiger partial charge in [-0.3, -0.25) is 5.43 Å². The van der Waals surface area contributed by atoms with Crippen molar-refractivity contribution in [1.29, 1.82) is 0 Å². The van der Waals surface area contributed by atoms with E-state index in [-0.39, 0.29) is 12.6 Å². The molecule has 0 amide bonds. The summed E-state index contributed by atoms with van der Waals surface area (Å²) in [5.74, 6) is 6.28. The molecule has 1 saturated heterocycles. The first-order chi connectivity index (χ1) is 8.76. The minimum atomic E-state index is 0.0607. The van der Waals surface area contributed by atoms with Crippen LogP contribution in [0.5, 0.6) is 0 Å². The lowest BCUT2D eigenvalue weighted by molar-refractivity contribution is 0.254. The summed E-state index contributed by atoms with van der Waals surface area (Å²) in [5, 5.41) is 9.98. The molecular weight excluding hydrogens is 254 g/mol. The van der Waals surface area contributed by atoms with E-state index in [9.17, 15) is 5.11 Å². The van der Waals surface area contributed by atoms with Gasteiger partial charge in [0.2, 0.25) is 5.95 Å². The summed E-state index contributed by atoms with van der Waals surface area (Å²) in [7, 11) is 0. The van der Waals surface area contributed by atoms with E-state index in [2.05, 4.69) is 20.3 Å². The van der Waals surface area contributed by atoms with Crippen molar-refractivity contribution in [2.45, 2.75) is 31.7 Å². The highest BCUT2D eigenvalue weighted by Crippen LogP contribution is 2.28. The number of aliphatic hydroxyl groups is 1. The van der Waals surface area contributed by atoms with Crippen LogP contribution < -0.4 is 16.2 Å². The van der Waals surface area contributed by atoms with Crippen LogP contribution in [0.2, 0.25) is 5.02 Å². The Morgan fingerprint density at radius 2 is 2.33 bits per heavy atom. The van der Waals surface area contributed by atoms with Gasteiger partial charge in [-0.25, -0.2) is 10.8 Å². The quantitative estimate of drug-likeness (QED) is 0.565. The van der Waals surface area contributed by atoms with Gasteiger partial charge in [0.05, 0.1) is 18.8 Å². The van der Waals surface area contributed by atoms with Crippen molar-refractivity contribution >= 4 is 23.4 Å². The molecule has 0 radical (unpaired) electrons. The van der Waals surface area contributed by atoms with Crippen LogP contribution in [0.1, 0.15) is 25.7 Å². The molecule has 1 fully saturated rings. The molecule has 7 heteroatoms. The molecule has 0 bridgehead atoms. The summed E-state index contributed by atoms with van der Waals surface area (Å²) in [5.41, 5.74) is 2.41. The Balaban J connectivity index is 2.31. The Morgan fingerprint density at radius 3 is 3.06 bits per heavy atom. The summed E-state index contributed by atoms with van der Waals surface area (Å²) >= 11 is 6.15. The van der Waals surface area contributed by atoms with Crippen LogP contribution in [0, 0.1) is 0 Å². The van der Waals surface area contributed by atoms with E-state index in [0.717, 1.165) is 32.2 Å². The average molecular weight is 272 g/mol. The third-order valence-electron chi connectivity index (χ3n) is 3.21. The predicted molar refractivity (Wildman–Crippen MR) is 71.5 cm³/mol. The van der Waals surface area contributed by atoms with E-state index < -0.39 is 0 Å². The fraction of sp³-hybridized carbons (Fsp3) is 0.636. The number of hydrazine groups is 1.